The van der Waals surface area contributed by atoms with Crippen LogP contribution in [0.1, 0.15) is 10.4 Å². The molecule has 0 saturated heterocycles. The van der Waals surface area contributed by atoms with Gasteiger partial charge in [-0.3, -0.25) is 4.79 Å². The van der Waals surface area contributed by atoms with Gasteiger partial charge in [0.2, 0.25) is 5.95 Å². The third-order valence-electron chi connectivity index (χ3n) is 5.20. The molecule has 0 fully saturated rings. The van der Waals surface area contributed by atoms with Gasteiger partial charge in [-0.15, -0.1) is 0 Å². The number of nitrogens with one attached hydrogen (secondary N) is 2. The summed E-state index contributed by atoms with van der Waals surface area (Å²) in [6.45, 7) is 0. The summed E-state index contributed by atoms with van der Waals surface area (Å²) in [7, 11) is 0. The lowest BCUT2D eigenvalue weighted by Crippen LogP contribution is -2.15. The van der Waals surface area contributed by atoms with E-state index < -0.39 is 28.9 Å². The number of hydrogen-bond acceptors (Lipinski definition) is 7. The van der Waals surface area contributed by atoms with Gasteiger partial charge in [-0.25, -0.2) is 28.1 Å². The maximum Gasteiger partial charge on any atom is 0.261 e. The smallest absolute Gasteiger partial charge is 0.261 e. The molecule has 4 N–H and O–H groups in total. The Morgan fingerprint density at radius 2 is 1.59 bits per heavy atom. The van der Waals surface area contributed by atoms with Crippen molar-refractivity contribution in [3.8, 4) is 21.8 Å². The molecule has 0 unspecified atom stereocenters. The second-order valence-corrected chi connectivity index (χ2v) is 8.79. The Morgan fingerprint density at radius 1 is 0.865 bits per heavy atom. The Hall–Kier alpha value is -4.77. The molecule has 0 aliphatic rings. The number of halogens is 3. The fourth-order valence-corrected chi connectivity index (χ4v) is 4.42. The maximum absolute atomic E-state index is 14.0. The monoisotopic (exact) mass is 518 g/mol. The first-order valence-corrected chi connectivity index (χ1v) is 11.7. The molecule has 184 valence electrons. The van der Waals surface area contributed by atoms with E-state index in [1.807, 2.05) is 0 Å². The van der Waals surface area contributed by atoms with Gasteiger partial charge < -0.3 is 16.4 Å². The van der Waals surface area contributed by atoms with Crippen LogP contribution in [0.4, 0.5) is 35.6 Å². The number of carbonyl (C=O) groups excluding carboxylic acids is 1. The number of carbonyl (C=O) groups is 1. The summed E-state index contributed by atoms with van der Waals surface area (Å²) in [5, 5.41) is 5.76. The van der Waals surface area contributed by atoms with Crippen LogP contribution in [-0.4, -0.2) is 20.9 Å². The molecule has 1 amide bonds. The van der Waals surface area contributed by atoms with Gasteiger partial charge in [-0.2, -0.15) is 0 Å². The summed E-state index contributed by atoms with van der Waals surface area (Å²) in [5.41, 5.74) is 7.72. The number of nitrogen functional groups attached to an aromatic ring is 1. The van der Waals surface area contributed by atoms with E-state index in [4.69, 9.17) is 5.73 Å². The van der Waals surface area contributed by atoms with Crippen LogP contribution in [0.2, 0.25) is 0 Å². The van der Waals surface area contributed by atoms with E-state index >= 15 is 0 Å². The molecule has 3 aromatic carbocycles. The van der Waals surface area contributed by atoms with Crippen molar-refractivity contribution in [2.24, 2.45) is 0 Å². The molecule has 0 radical (unpaired) electrons. The Balaban J connectivity index is 1.45. The number of nitrogens with zero attached hydrogens (tertiary/aromatic N) is 3. The van der Waals surface area contributed by atoms with Crippen LogP contribution in [0, 0.1) is 17.5 Å². The lowest BCUT2D eigenvalue weighted by molar-refractivity contribution is 0.101. The summed E-state index contributed by atoms with van der Waals surface area (Å²) in [5.74, 6) is -3.00. The quantitative estimate of drug-likeness (QED) is 0.245. The van der Waals surface area contributed by atoms with Crippen LogP contribution in [0.25, 0.3) is 21.8 Å². The number of thiazole rings is 1. The van der Waals surface area contributed by atoms with E-state index in [2.05, 4.69) is 25.6 Å². The fourth-order valence-electron chi connectivity index (χ4n) is 3.60. The molecule has 5 aromatic rings. The average Bonchev–Trinajstić information content (AvgIpc) is 3.26. The van der Waals surface area contributed by atoms with Crippen LogP contribution in [-0.2, 0) is 0 Å². The minimum atomic E-state index is -0.963. The van der Waals surface area contributed by atoms with Crippen LogP contribution in [0.15, 0.2) is 79.0 Å². The van der Waals surface area contributed by atoms with Crippen molar-refractivity contribution >= 4 is 39.7 Å². The van der Waals surface area contributed by atoms with Gasteiger partial charge in [0.05, 0.1) is 16.3 Å². The molecular formula is C26H17F3N6OS. The summed E-state index contributed by atoms with van der Waals surface area (Å²) < 4.78 is 41.6. The van der Waals surface area contributed by atoms with Crippen molar-refractivity contribution in [1.29, 1.82) is 0 Å². The topological polar surface area (TPSA) is 106 Å². The molecule has 0 atom stereocenters. The molecule has 0 aliphatic heterocycles. The summed E-state index contributed by atoms with van der Waals surface area (Å²) in [4.78, 5) is 26.3. The Kier molecular flexibility index (Phi) is 6.52. The highest BCUT2D eigenvalue weighted by Crippen LogP contribution is 2.38. The Labute approximate surface area is 212 Å². The van der Waals surface area contributed by atoms with E-state index in [1.165, 1.54) is 29.5 Å². The lowest BCUT2D eigenvalue weighted by atomic mass is 10.1. The number of amides is 1. The molecule has 11 heteroatoms. The molecule has 0 bridgehead atoms. The van der Waals surface area contributed by atoms with Crippen LogP contribution < -0.4 is 16.4 Å². The van der Waals surface area contributed by atoms with Crippen molar-refractivity contribution in [2.45, 2.75) is 0 Å². The Morgan fingerprint density at radius 3 is 2.38 bits per heavy atom. The van der Waals surface area contributed by atoms with Gasteiger partial charge in [0.25, 0.3) is 5.91 Å². The van der Waals surface area contributed by atoms with Crippen molar-refractivity contribution < 1.29 is 18.0 Å². The van der Waals surface area contributed by atoms with E-state index in [1.54, 1.807) is 48.7 Å². The van der Waals surface area contributed by atoms with E-state index in [9.17, 15) is 18.0 Å². The minimum Gasteiger partial charge on any atom is -0.375 e. The van der Waals surface area contributed by atoms with Crippen molar-refractivity contribution in [2.75, 3.05) is 16.4 Å². The third kappa shape index (κ3) is 5.26. The number of nitrogens with two attached hydrogens (primary N) is 1. The average molecular weight is 519 g/mol. The number of aromatic nitrogens is 3. The molecular weight excluding hydrogens is 501 g/mol. The highest BCUT2D eigenvalue weighted by molar-refractivity contribution is 7.19. The number of anilines is 4. The van der Waals surface area contributed by atoms with Gasteiger partial charge in [0.15, 0.2) is 5.13 Å². The summed E-state index contributed by atoms with van der Waals surface area (Å²) in [6, 6.07) is 17.4. The van der Waals surface area contributed by atoms with Crippen LogP contribution in [0.3, 0.4) is 0 Å². The van der Waals surface area contributed by atoms with Gasteiger partial charge in [-0.1, -0.05) is 35.6 Å². The lowest BCUT2D eigenvalue weighted by Gasteiger charge is -2.09. The predicted molar refractivity (Wildman–Crippen MR) is 137 cm³/mol. The molecule has 7 nitrogen and oxygen atoms in total. The number of hydrogen-bond donors (Lipinski definition) is 3. The molecule has 5 rings (SSSR count). The van der Waals surface area contributed by atoms with Gasteiger partial charge >= 0.3 is 0 Å². The number of benzene rings is 3. The molecule has 0 spiro atoms. The van der Waals surface area contributed by atoms with Crippen molar-refractivity contribution in [3.05, 3.63) is 102 Å². The number of rotatable bonds is 6. The minimum absolute atomic E-state index is 0.244. The standard InChI is InChI=1S/C26H17F3N6OS/c27-15-5-2-7-17(13-15)33-26-31-11-10-20(34-26)23-22(35-25(30)37-23)14-4-1-6-16(12-14)32-24(36)21-18(28)8-3-9-19(21)29/h1-13H,(H2,30,35)(H,32,36)(H,31,33,34). The Bertz CT molecular complexity index is 1600. The third-order valence-corrected chi connectivity index (χ3v) is 6.10. The summed E-state index contributed by atoms with van der Waals surface area (Å²) in [6.07, 6.45) is 1.54. The fraction of sp³-hybridized carbons (Fsp3) is 0. The van der Waals surface area contributed by atoms with E-state index in [-0.39, 0.29) is 11.1 Å². The van der Waals surface area contributed by atoms with Gasteiger partial charge in [0, 0.05) is 23.1 Å². The predicted octanol–water partition coefficient (Wildman–Crippen LogP) is 6.26. The zero-order valence-electron chi connectivity index (χ0n) is 18.9. The normalized spacial score (nSPS) is 10.8. The van der Waals surface area contributed by atoms with Gasteiger partial charge in [0.1, 0.15) is 23.0 Å². The van der Waals surface area contributed by atoms with Crippen LogP contribution >= 0.6 is 11.3 Å². The van der Waals surface area contributed by atoms with E-state index in [0.717, 1.165) is 12.1 Å². The molecule has 2 aromatic heterocycles. The first-order valence-electron chi connectivity index (χ1n) is 10.9. The van der Waals surface area contributed by atoms with Crippen molar-refractivity contribution in [3.63, 3.8) is 0 Å². The largest absolute Gasteiger partial charge is 0.375 e. The first kappa shape index (κ1) is 23.9. The zero-order chi connectivity index (χ0) is 25.9. The van der Waals surface area contributed by atoms with Gasteiger partial charge in [-0.05, 0) is 48.5 Å². The SMILES string of the molecule is Nc1nc(-c2cccc(NC(=O)c3c(F)cccc3F)c2)c(-c2ccnc(Nc3cccc(F)c3)n2)s1. The molecule has 2 heterocycles. The van der Waals surface area contributed by atoms with Crippen LogP contribution in [0.5, 0.6) is 0 Å². The first-order chi connectivity index (χ1) is 17.9. The van der Waals surface area contributed by atoms with Crippen molar-refractivity contribution in [1.82, 2.24) is 15.0 Å². The molecule has 37 heavy (non-hydrogen) atoms. The highest BCUT2D eigenvalue weighted by Gasteiger charge is 2.19. The molecule has 0 saturated carbocycles. The zero-order valence-corrected chi connectivity index (χ0v) is 19.7. The highest BCUT2D eigenvalue weighted by atomic mass is 32.1. The van der Waals surface area contributed by atoms with E-state index in [0.29, 0.717) is 33.2 Å². The maximum atomic E-state index is 14.0. The second-order valence-electron chi connectivity index (χ2n) is 7.76. The summed E-state index contributed by atoms with van der Waals surface area (Å²) >= 11 is 1.20. The molecule has 0 aliphatic carbocycles. The second kappa shape index (κ2) is 10.1.